The number of aliphatic hydroxyl groups is 1. The van der Waals surface area contributed by atoms with E-state index in [9.17, 15) is 18.3 Å². The van der Waals surface area contributed by atoms with Crippen molar-refractivity contribution >= 4 is 21.7 Å². The number of hydrogen-bond acceptors (Lipinski definition) is 7. The second kappa shape index (κ2) is 14.1. The van der Waals surface area contributed by atoms with Gasteiger partial charge in [0, 0.05) is 37.1 Å². The maximum atomic E-state index is 12.3. The number of amides is 1. The topological polar surface area (TPSA) is 112 Å². The molecule has 5 rings (SSSR count). The Hall–Kier alpha value is -4.08. The van der Waals surface area contributed by atoms with Gasteiger partial charge in [0.25, 0.3) is 0 Å². The fraction of sp³-hybridized carbons (Fsp3) is 0.343. The van der Waals surface area contributed by atoms with Crippen molar-refractivity contribution in [2.24, 2.45) is 0 Å². The number of aromatic nitrogens is 2. The molecule has 1 unspecified atom stereocenters. The van der Waals surface area contributed by atoms with Crippen LogP contribution in [-0.2, 0) is 27.0 Å². The summed E-state index contributed by atoms with van der Waals surface area (Å²) in [6, 6.07) is 25.4. The van der Waals surface area contributed by atoms with Crippen molar-refractivity contribution < 1.29 is 18.3 Å². The fourth-order valence-corrected chi connectivity index (χ4v) is 6.65. The Morgan fingerprint density at radius 2 is 1.43 bits per heavy atom. The van der Waals surface area contributed by atoms with Crippen LogP contribution in [0.3, 0.4) is 0 Å². The van der Waals surface area contributed by atoms with E-state index in [0.29, 0.717) is 31.5 Å². The molecule has 1 amide bonds. The summed E-state index contributed by atoms with van der Waals surface area (Å²) in [6.07, 6.45) is 3.19. The normalized spacial score (nSPS) is 14.7. The van der Waals surface area contributed by atoms with Crippen LogP contribution in [0.25, 0.3) is 22.5 Å². The number of hydrogen-bond donors (Lipinski definition) is 2. The highest BCUT2D eigenvalue weighted by molar-refractivity contribution is 7.89. The number of aryl methyl sites for hydroxylation is 2. The maximum Gasteiger partial charge on any atom is 0.239 e. The molecule has 1 atom stereocenters. The average Bonchev–Trinajstić information content (AvgIpc) is 2.99. The van der Waals surface area contributed by atoms with Gasteiger partial charge in [-0.2, -0.15) is 0 Å². The average molecular weight is 613 g/mol. The number of carbonyl (C=O) groups excluding carboxylic acids is 1. The summed E-state index contributed by atoms with van der Waals surface area (Å²) in [7, 11) is -3.72. The Morgan fingerprint density at radius 1 is 0.841 bits per heavy atom. The van der Waals surface area contributed by atoms with Gasteiger partial charge in [-0.1, -0.05) is 103 Å². The van der Waals surface area contributed by atoms with E-state index in [2.05, 4.69) is 72.0 Å². The fourth-order valence-electron chi connectivity index (χ4n) is 5.50. The van der Waals surface area contributed by atoms with Gasteiger partial charge in [0.2, 0.25) is 15.9 Å². The molecule has 230 valence electrons. The minimum Gasteiger partial charge on any atom is -0.391 e. The first-order valence-electron chi connectivity index (χ1n) is 15.2. The molecule has 0 saturated carbocycles. The number of carbonyl (C=O) groups is 1. The third kappa shape index (κ3) is 8.30. The molecule has 1 aromatic heterocycles. The second-order valence-electron chi connectivity index (χ2n) is 11.7. The molecular weight excluding hydrogens is 572 g/mol. The lowest BCUT2D eigenvalue weighted by Gasteiger charge is -2.33. The Labute approximate surface area is 260 Å². The summed E-state index contributed by atoms with van der Waals surface area (Å²) in [5.74, 6) is 0.117. The molecule has 0 aliphatic carbocycles. The third-order valence-corrected chi connectivity index (χ3v) is 9.06. The number of nitrogens with one attached hydrogen (secondary N) is 1. The van der Waals surface area contributed by atoms with Gasteiger partial charge in [-0.3, -0.25) is 9.52 Å². The standard InChI is InChI=1S/C35H40N4O4S/c1-25-13-17-28(18-14-25)33-34(29-19-15-26(2)16-20-29)37-35-31(36-33)22-30(40)23-39(35)21-9-4-3-8-12-32(41)38-44(42,43)24-27-10-6-5-7-11-27/h5-7,10-11,13-20,30,40H,3-4,8-9,12,21-24H2,1-2H3,(H,38,41). The largest absolute Gasteiger partial charge is 0.391 e. The number of rotatable bonds is 12. The van der Waals surface area contributed by atoms with Gasteiger partial charge in [-0.15, -0.1) is 0 Å². The van der Waals surface area contributed by atoms with Crippen molar-refractivity contribution in [1.82, 2.24) is 14.7 Å². The molecule has 0 fully saturated rings. The summed E-state index contributed by atoms with van der Waals surface area (Å²) in [5, 5.41) is 10.7. The molecule has 0 spiro atoms. The van der Waals surface area contributed by atoms with Crippen molar-refractivity contribution in [3.63, 3.8) is 0 Å². The molecule has 8 nitrogen and oxygen atoms in total. The minimum atomic E-state index is -3.72. The molecule has 0 bridgehead atoms. The number of β-amino-alcohol motifs (C(OH)–C–C–N with tert-alkyl or cyclic N) is 1. The number of anilines is 1. The lowest BCUT2D eigenvalue weighted by molar-refractivity contribution is -0.119. The van der Waals surface area contributed by atoms with E-state index in [0.717, 1.165) is 53.3 Å². The summed E-state index contributed by atoms with van der Waals surface area (Å²) in [6.45, 7) is 5.31. The van der Waals surface area contributed by atoms with Crippen molar-refractivity contribution in [3.05, 3.63) is 101 Å². The Balaban J connectivity index is 1.21. The monoisotopic (exact) mass is 612 g/mol. The summed E-state index contributed by atoms with van der Waals surface area (Å²) >= 11 is 0. The van der Waals surface area contributed by atoms with Crippen LogP contribution in [0.5, 0.6) is 0 Å². The van der Waals surface area contributed by atoms with Gasteiger partial charge in [0.1, 0.15) is 0 Å². The van der Waals surface area contributed by atoms with Crippen molar-refractivity contribution in [3.8, 4) is 22.5 Å². The predicted octanol–water partition coefficient (Wildman–Crippen LogP) is 5.75. The van der Waals surface area contributed by atoms with Gasteiger partial charge in [-0.25, -0.2) is 18.4 Å². The highest BCUT2D eigenvalue weighted by atomic mass is 32.2. The quantitative estimate of drug-likeness (QED) is 0.196. The number of aliphatic hydroxyl groups excluding tert-OH is 1. The SMILES string of the molecule is Cc1ccc(-c2nc3c(nc2-c2ccc(C)cc2)N(CCCCCCC(=O)NS(=O)(=O)Cc2ccccc2)CC(O)C3)cc1. The van der Waals surface area contributed by atoms with Crippen LogP contribution < -0.4 is 9.62 Å². The molecule has 0 radical (unpaired) electrons. The van der Waals surface area contributed by atoms with Crippen LogP contribution >= 0.6 is 0 Å². The van der Waals surface area contributed by atoms with Crippen LogP contribution in [0.2, 0.25) is 0 Å². The molecule has 2 N–H and O–H groups in total. The number of nitrogens with zero attached hydrogens (tertiary/aromatic N) is 3. The molecule has 1 aliphatic rings. The first-order valence-corrected chi connectivity index (χ1v) is 16.9. The van der Waals surface area contributed by atoms with Crippen LogP contribution in [0, 0.1) is 13.8 Å². The highest BCUT2D eigenvalue weighted by Gasteiger charge is 2.28. The summed E-state index contributed by atoms with van der Waals surface area (Å²) < 4.78 is 26.8. The first-order chi connectivity index (χ1) is 21.2. The summed E-state index contributed by atoms with van der Waals surface area (Å²) in [5.41, 5.74) is 7.40. The van der Waals surface area contributed by atoms with Crippen molar-refractivity contribution in [2.75, 3.05) is 18.0 Å². The van der Waals surface area contributed by atoms with E-state index in [1.807, 2.05) is 6.07 Å². The van der Waals surface area contributed by atoms with E-state index in [1.54, 1.807) is 24.3 Å². The van der Waals surface area contributed by atoms with Gasteiger partial charge in [-0.05, 0) is 32.3 Å². The Kier molecular flexibility index (Phi) is 10.1. The minimum absolute atomic E-state index is 0.159. The van der Waals surface area contributed by atoms with Gasteiger partial charge < -0.3 is 10.0 Å². The molecule has 44 heavy (non-hydrogen) atoms. The molecule has 4 aromatic rings. The molecule has 1 aliphatic heterocycles. The lowest BCUT2D eigenvalue weighted by Crippen LogP contribution is -2.40. The van der Waals surface area contributed by atoms with Gasteiger partial charge in [0.15, 0.2) is 5.82 Å². The molecular formula is C35H40N4O4S. The number of benzene rings is 3. The first kappa shape index (κ1) is 31.3. The van der Waals surface area contributed by atoms with Crippen LogP contribution in [0.4, 0.5) is 5.82 Å². The highest BCUT2D eigenvalue weighted by Crippen LogP contribution is 2.35. The predicted molar refractivity (Wildman–Crippen MR) is 175 cm³/mol. The molecule has 3 aromatic carbocycles. The van der Waals surface area contributed by atoms with E-state index >= 15 is 0 Å². The molecule has 2 heterocycles. The Bertz CT molecular complexity index is 1670. The third-order valence-electron chi connectivity index (χ3n) is 7.81. The second-order valence-corrected chi connectivity index (χ2v) is 13.4. The van der Waals surface area contributed by atoms with E-state index < -0.39 is 22.0 Å². The maximum absolute atomic E-state index is 12.3. The smallest absolute Gasteiger partial charge is 0.239 e. The van der Waals surface area contributed by atoms with E-state index in [4.69, 9.17) is 9.97 Å². The zero-order valence-electron chi connectivity index (χ0n) is 25.4. The number of fused-ring (bicyclic) bond motifs is 1. The zero-order chi connectivity index (χ0) is 31.1. The van der Waals surface area contributed by atoms with Gasteiger partial charge >= 0.3 is 0 Å². The van der Waals surface area contributed by atoms with Crippen LogP contribution in [0.15, 0.2) is 78.9 Å². The van der Waals surface area contributed by atoms with E-state index in [1.165, 1.54) is 11.1 Å². The van der Waals surface area contributed by atoms with Gasteiger partial charge in [0.05, 0.1) is 28.9 Å². The molecule has 0 saturated heterocycles. The Morgan fingerprint density at radius 3 is 2.07 bits per heavy atom. The molecule has 9 heteroatoms. The van der Waals surface area contributed by atoms with Crippen LogP contribution in [0.1, 0.15) is 54.5 Å². The van der Waals surface area contributed by atoms with Crippen molar-refractivity contribution in [1.29, 1.82) is 0 Å². The van der Waals surface area contributed by atoms with Crippen LogP contribution in [-0.4, -0.2) is 48.6 Å². The van der Waals surface area contributed by atoms with E-state index in [-0.39, 0.29) is 12.2 Å². The lowest BCUT2D eigenvalue weighted by atomic mass is 10.00. The zero-order valence-corrected chi connectivity index (χ0v) is 26.2. The van der Waals surface area contributed by atoms with Crippen molar-refractivity contribution in [2.45, 2.75) is 64.2 Å². The number of sulfonamides is 1. The summed E-state index contributed by atoms with van der Waals surface area (Å²) in [4.78, 5) is 24.7. The number of unbranched alkanes of at least 4 members (excludes halogenated alkanes) is 3.